The maximum Gasteiger partial charge on any atom is 0.299 e. The van der Waals surface area contributed by atoms with Gasteiger partial charge in [-0.2, -0.15) is 0 Å². The Bertz CT molecular complexity index is 837. The zero-order valence-electron chi connectivity index (χ0n) is 14.6. The summed E-state index contributed by atoms with van der Waals surface area (Å²) in [6, 6.07) is 9.22. The quantitative estimate of drug-likeness (QED) is 0.593. The van der Waals surface area contributed by atoms with E-state index in [1.807, 2.05) is 39.0 Å². The molecule has 0 saturated heterocycles. The lowest BCUT2D eigenvalue weighted by Crippen LogP contribution is -2.31. The Kier molecular flexibility index (Phi) is 4.82. The second kappa shape index (κ2) is 6.89. The molecule has 1 aliphatic rings. The van der Waals surface area contributed by atoms with E-state index in [2.05, 4.69) is 0 Å². The Labute approximate surface area is 152 Å². The van der Waals surface area contributed by atoms with Gasteiger partial charge in [0.2, 0.25) is 0 Å². The minimum absolute atomic E-state index is 0.427. The van der Waals surface area contributed by atoms with Crippen molar-refractivity contribution in [1.29, 1.82) is 0 Å². The summed E-state index contributed by atoms with van der Waals surface area (Å²) < 4.78 is 5.78. The van der Waals surface area contributed by atoms with Gasteiger partial charge in [0.25, 0.3) is 11.7 Å². The number of amides is 1. The van der Waals surface area contributed by atoms with Crippen LogP contribution < -0.4 is 9.64 Å². The van der Waals surface area contributed by atoms with Crippen molar-refractivity contribution in [2.24, 2.45) is 0 Å². The third-order valence-corrected chi connectivity index (χ3v) is 4.99. The van der Waals surface area contributed by atoms with Crippen LogP contribution in [0.4, 0.5) is 5.69 Å². The second-order valence-electron chi connectivity index (χ2n) is 6.33. The number of fused-ring (bicyclic) bond motifs is 1. The highest BCUT2D eigenvalue weighted by molar-refractivity contribution is 6.52. The molecule has 4 nitrogen and oxygen atoms in total. The number of rotatable bonds is 5. The highest BCUT2D eigenvalue weighted by Crippen LogP contribution is 2.32. The van der Waals surface area contributed by atoms with Crippen molar-refractivity contribution >= 4 is 29.0 Å². The Hall–Kier alpha value is -2.33. The van der Waals surface area contributed by atoms with E-state index in [1.54, 1.807) is 17.0 Å². The number of carbonyl (C=O) groups excluding carboxylic acids is 2. The monoisotopic (exact) mass is 357 g/mol. The molecular weight excluding hydrogens is 338 g/mol. The zero-order valence-corrected chi connectivity index (χ0v) is 15.3. The van der Waals surface area contributed by atoms with Gasteiger partial charge >= 0.3 is 0 Å². The summed E-state index contributed by atoms with van der Waals surface area (Å²) >= 11 is 6.16. The van der Waals surface area contributed by atoms with Gasteiger partial charge in [0.15, 0.2) is 0 Å². The largest absolute Gasteiger partial charge is 0.494 e. The van der Waals surface area contributed by atoms with Gasteiger partial charge in [-0.05, 0) is 62.1 Å². The molecule has 0 bridgehead atoms. The van der Waals surface area contributed by atoms with Gasteiger partial charge in [-0.3, -0.25) is 9.59 Å². The van der Waals surface area contributed by atoms with E-state index in [4.69, 9.17) is 16.3 Å². The first-order chi connectivity index (χ1) is 11.9. The molecule has 2 aromatic rings. The first kappa shape index (κ1) is 17.5. The van der Waals surface area contributed by atoms with Gasteiger partial charge in [-0.25, -0.2) is 0 Å². The van der Waals surface area contributed by atoms with Gasteiger partial charge in [0.1, 0.15) is 5.75 Å². The summed E-state index contributed by atoms with van der Waals surface area (Å²) in [5, 5.41) is 0.751. The molecule has 0 radical (unpaired) electrons. The molecular formula is C20H20ClNO3. The normalized spacial score (nSPS) is 13.4. The molecule has 0 aliphatic carbocycles. The van der Waals surface area contributed by atoms with Crippen LogP contribution in [0.15, 0.2) is 30.3 Å². The molecule has 0 fully saturated rings. The lowest BCUT2D eigenvalue weighted by atomic mass is 10.1. The van der Waals surface area contributed by atoms with Gasteiger partial charge < -0.3 is 9.64 Å². The first-order valence-electron chi connectivity index (χ1n) is 8.25. The van der Waals surface area contributed by atoms with Gasteiger partial charge in [-0.1, -0.05) is 23.7 Å². The number of halogens is 1. The molecule has 130 valence electrons. The maximum atomic E-state index is 12.2. The molecule has 1 heterocycles. The van der Waals surface area contributed by atoms with E-state index in [-0.39, 0.29) is 0 Å². The summed E-state index contributed by atoms with van der Waals surface area (Å²) in [7, 11) is 0. The van der Waals surface area contributed by atoms with E-state index in [0.29, 0.717) is 25.1 Å². The Morgan fingerprint density at radius 1 is 1.04 bits per heavy atom. The summed E-state index contributed by atoms with van der Waals surface area (Å²) in [4.78, 5) is 25.9. The van der Waals surface area contributed by atoms with E-state index >= 15 is 0 Å². The van der Waals surface area contributed by atoms with Crippen LogP contribution >= 0.6 is 11.6 Å². The fourth-order valence-corrected chi connectivity index (χ4v) is 3.26. The first-order valence-corrected chi connectivity index (χ1v) is 8.63. The van der Waals surface area contributed by atoms with Crippen molar-refractivity contribution in [2.45, 2.75) is 27.2 Å². The Morgan fingerprint density at radius 3 is 2.40 bits per heavy atom. The fourth-order valence-electron chi connectivity index (χ4n) is 3.16. The molecule has 1 amide bonds. The highest BCUT2D eigenvalue weighted by Gasteiger charge is 2.36. The molecule has 0 atom stereocenters. The zero-order chi connectivity index (χ0) is 18.1. The maximum absolute atomic E-state index is 12.2. The third kappa shape index (κ3) is 3.27. The average Bonchev–Trinajstić information content (AvgIpc) is 2.82. The van der Waals surface area contributed by atoms with Crippen molar-refractivity contribution in [3.63, 3.8) is 0 Å². The van der Waals surface area contributed by atoms with Crippen molar-refractivity contribution in [2.75, 3.05) is 18.1 Å². The fraction of sp³-hybridized carbons (Fsp3) is 0.300. The van der Waals surface area contributed by atoms with Gasteiger partial charge in [0, 0.05) is 11.6 Å². The molecule has 0 spiro atoms. The molecule has 5 heteroatoms. The van der Waals surface area contributed by atoms with E-state index < -0.39 is 11.7 Å². The number of hydrogen-bond acceptors (Lipinski definition) is 3. The Balaban J connectivity index is 1.64. The minimum Gasteiger partial charge on any atom is -0.494 e. The van der Waals surface area contributed by atoms with E-state index in [0.717, 1.165) is 33.1 Å². The summed E-state index contributed by atoms with van der Waals surface area (Å²) in [6.07, 6.45) is 0.632. The predicted molar refractivity (Wildman–Crippen MR) is 98.9 cm³/mol. The van der Waals surface area contributed by atoms with Gasteiger partial charge in [-0.15, -0.1) is 0 Å². The molecule has 0 saturated carbocycles. The van der Waals surface area contributed by atoms with Crippen LogP contribution in [0, 0.1) is 20.8 Å². The van der Waals surface area contributed by atoms with Crippen molar-refractivity contribution < 1.29 is 14.3 Å². The number of aryl methyl sites for hydroxylation is 3. The predicted octanol–water partition coefficient (Wildman–Crippen LogP) is 4.26. The number of anilines is 1. The van der Waals surface area contributed by atoms with Gasteiger partial charge in [0.05, 0.1) is 17.9 Å². The van der Waals surface area contributed by atoms with Crippen LogP contribution in [0.3, 0.4) is 0 Å². The summed E-state index contributed by atoms with van der Waals surface area (Å²) in [5.41, 5.74) is 4.11. The van der Waals surface area contributed by atoms with E-state index in [1.165, 1.54) is 0 Å². The van der Waals surface area contributed by atoms with Crippen LogP contribution in [0.2, 0.25) is 5.02 Å². The molecule has 0 N–H and O–H groups in total. The average molecular weight is 358 g/mol. The molecule has 0 aromatic heterocycles. The summed E-state index contributed by atoms with van der Waals surface area (Å²) in [6.45, 7) is 6.70. The third-order valence-electron chi connectivity index (χ3n) is 4.40. The number of ketones is 1. The lowest BCUT2D eigenvalue weighted by molar-refractivity contribution is -0.114. The minimum atomic E-state index is -0.456. The molecule has 0 unspecified atom stereocenters. The van der Waals surface area contributed by atoms with Crippen LogP contribution in [0.5, 0.6) is 5.75 Å². The van der Waals surface area contributed by atoms with Crippen molar-refractivity contribution in [1.82, 2.24) is 0 Å². The van der Waals surface area contributed by atoms with E-state index in [9.17, 15) is 9.59 Å². The number of hydrogen-bond donors (Lipinski definition) is 0. The van der Waals surface area contributed by atoms with Crippen LogP contribution in [0.1, 0.15) is 33.5 Å². The standard InChI is InChI=1S/C20H20ClNO3/c1-12-6-4-7-16-18(12)22(20(24)19(16)23)8-5-9-25-15-10-13(2)17(21)14(3)11-15/h4,6-7,10-11H,5,8-9H2,1-3H3. The molecule has 3 rings (SSSR count). The molecule has 1 aliphatic heterocycles. The number of para-hydroxylation sites is 1. The summed E-state index contributed by atoms with van der Waals surface area (Å²) in [5.74, 6) is -0.120. The number of Topliss-reactive ketones (excluding diaryl/α,β-unsaturated/α-hetero) is 1. The highest BCUT2D eigenvalue weighted by atomic mass is 35.5. The number of benzene rings is 2. The molecule has 2 aromatic carbocycles. The number of ether oxygens (including phenoxy) is 1. The topological polar surface area (TPSA) is 46.6 Å². The lowest BCUT2D eigenvalue weighted by Gasteiger charge is -2.18. The van der Waals surface area contributed by atoms with Crippen LogP contribution in [-0.4, -0.2) is 24.8 Å². The SMILES string of the molecule is Cc1cc(OCCCN2C(=O)C(=O)c3cccc(C)c32)cc(C)c1Cl. The number of nitrogens with zero attached hydrogens (tertiary/aromatic N) is 1. The second-order valence-corrected chi connectivity index (χ2v) is 6.71. The van der Waals surface area contributed by atoms with Crippen LogP contribution in [-0.2, 0) is 4.79 Å². The number of carbonyl (C=O) groups is 2. The van der Waals surface area contributed by atoms with Crippen molar-refractivity contribution in [3.05, 3.63) is 57.6 Å². The Morgan fingerprint density at radius 2 is 1.72 bits per heavy atom. The van der Waals surface area contributed by atoms with Crippen molar-refractivity contribution in [3.8, 4) is 5.75 Å². The smallest absolute Gasteiger partial charge is 0.299 e. The molecule has 25 heavy (non-hydrogen) atoms. The van der Waals surface area contributed by atoms with Crippen LogP contribution in [0.25, 0.3) is 0 Å².